The summed E-state index contributed by atoms with van der Waals surface area (Å²) in [7, 11) is 0.335. The number of nitrogens with zero attached hydrogens (tertiary/aromatic N) is 2. The Bertz CT molecular complexity index is 969. The zero-order chi connectivity index (χ0) is 21.0. The average molecular weight is 436 g/mol. The minimum Gasteiger partial charge on any atom is -0.348 e. The molecule has 29 heavy (non-hydrogen) atoms. The van der Waals surface area contributed by atoms with E-state index in [9.17, 15) is 13.2 Å². The van der Waals surface area contributed by atoms with Gasteiger partial charge < -0.3 is 10.2 Å². The standard InChI is InChI=1S/C21H26ClN3O3S/c1-24(2)15-17-7-5-16(6-8-17)14-23-21(26)18-9-10-19(22)20(13-18)29(27,28)25-11-3-4-12-25/h5-10,13H,3-4,11-12,14-15H2,1-2H3,(H,23,26). The van der Waals surface area contributed by atoms with Crippen LogP contribution in [0.15, 0.2) is 47.4 Å². The molecule has 1 saturated heterocycles. The molecular formula is C21H26ClN3O3S. The molecule has 1 heterocycles. The van der Waals surface area contributed by atoms with E-state index in [0.29, 0.717) is 19.6 Å². The molecule has 2 aromatic carbocycles. The minimum atomic E-state index is -3.69. The lowest BCUT2D eigenvalue weighted by Crippen LogP contribution is -2.29. The van der Waals surface area contributed by atoms with Gasteiger partial charge in [-0.15, -0.1) is 0 Å². The number of rotatable bonds is 7. The summed E-state index contributed by atoms with van der Waals surface area (Å²) in [6.07, 6.45) is 1.68. The first-order valence-corrected chi connectivity index (χ1v) is 11.4. The van der Waals surface area contributed by atoms with Crippen molar-refractivity contribution in [2.24, 2.45) is 0 Å². The summed E-state index contributed by atoms with van der Waals surface area (Å²) in [5.41, 5.74) is 2.44. The summed E-state index contributed by atoms with van der Waals surface area (Å²) in [5.74, 6) is -0.336. The highest BCUT2D eigenvalue weighted by molar-refractivity contribution is 7.89. The van der Waals surface area contributed by atoms with E-state index in [0.717, 1.165) is 24.9 Å². The molecule has 0 radical (unpaired) electrons. The van der Waals surface area contributed by atoms with Crippen LogP contribution in [-0.2, 0) is 23.1 Å². The summed E-state index contributed by atoms with van der Waals surface area (Å²) in [5, 5.41) is 2.97. The fourth-order valence-electron chi connectivity index (χ4n) is 3.32. The molecule has 0 aromatic heterocycles. The molecule has 1 aliphatic rings. The number of amides is 1. The molecular weight excluding hydrogens is 410 g/mol. The second kappa shape index (κ2) is 9.26. The van der Waals surface area contributed by atoms with Crippen molar-refractivity contribution < 1.29 is 13.2 Å². The van der Waals surface area contributed by atoms with Gasteiger partial charge in [0, 0.05) is 31.7 Å². The number of carbonyl (C=O) groups is 1. The van der Waals surface area contributed by atoms with Crippen LogP contribution in [0.2, 0.25) is 5.02 Å². The third kappa shape index (κ3) is 5.36. The number of hydrogen-bond donors (Lipinski definition) is 1. The van der Waals surface area contributed by atoms with Crippen molar-refractivity contribution in [3.8, 4) is 0 Å². The van der Waals surface area contributed by atoms with Gasteiger partial charge in [0.1, 0.15) is 4.90 Å². The van der Waals surface area contributed by atoms with Gasteiger partial charge in [0.05, 0.1) is 5.02 Å². The van der Waals surface area contributed by atoms with Crippen LogP contribution >= 0.6 is 11.6 Å². The van der Waals surface area contributed by atoms with Gasteiger partial charge in [0.2, 0.25) is 10.0 Å². The van der Waals surface area contributed by atoms with Gasteiger partial charge in [-0.3, -0.25) is 4.79 Å². The molecule has 1 N–H and O–H groups in total. The normalized spacial score (nSPS) is 15.0. The lowest BCUT2D eigenvalue weighted by atomic mass is 10.1. The van der Waals surface area contributed by atoms with Crippen molar-refractivity contribution in [1.29, 1.82) is 0 Å². The molecule has 1 aliphatic heterocycles. The molecule has 0 atom stereocenters. The van der Waals surface area contributed by atoms with Gasteiger partial charge in [0.15, 0.2) is 0 Å². The van der Waals surface area contributed by atoms with Crippen LogP contribution in [0, 0.1) is 0 Å². The predicted octanol–water partition coefficient (Wildman–Crippen LogP) is 3.12. The zero-order valence-corrected chi connectivity index (χ0v) is 18.3. The highest BCUT2D eigenvalue weighted by Crippen LogP contribution is 2.28. The first-order valence-electron chi connectivity index (χ1n) is 9.58. The molecule has 3 rings (SSSR count). The van der Waals surface area contributed by atoms with E-state index in [4.69, 9.17) is 11.6 Å². The van der Waals surface area contributed by atoms with Crippen LogP contribution in [0.5, 0.6) is 0 Å². The second-order valence-electron chi connectivity index (χ2n) is 7.49. The van der Waals surface area contributed by atoms with Crippen LogP contribution in [0.25, 0.3) is 0 Å². The fourth-order valence-corrected chi connectivity index (χ4v) is 5.34. The number of nitrogens with one attached hydrogen (secondary N) is 1. The molecule has 0 bridgehead atoms. The Labute approximate surface area is 177 Å². The number of hydrogen-bond acceptors (Lipinski definition) is 4. The molecule has 8 heteroatoms. The van der Waals surface area contributed by atoms with Gasteiger partial charge in [-0.1, -0.05) is 35.9 Å². The molecule has 6 nitrogen and oxygen atoms in total. The van der Waals surface area contributed by atoms with Crippen LogP contribution in [0.1, 0.15) is 34.3 Å². The highest BCUT2D eigenvalue weighted by Gasteiger charge is 2.29. The van der Waals surface area contributed by atoms with E-state index < -0.39 is 10.0 Å². The summed E-state index contributed by atoms with van der Waals surface area (Å²) in [6, 6.07) is 12.4. The summed E-state index contributed by atoms with van der Waals surface area (Å²) >= 11 is 6.15. The quantitative estimate of drug-likeness (QED) is 0.725. The van der Waals surface area contributed by atoms with Gasteiger partial charge in [-0.05, 0) is 56.3 Å². The summed E-state index contributed by atoms with van der Waals surface area (Å²) in [4.78, 5) is 14.6. The van der Waals surface area contributed by atoms with Crippen LogP contribution in [-0.4, -0.2) is 50.7 Å². The SMILES string of the molecule is CN(C)Cc1ccc(CNC(=O)c2ccc(Cl)c(S(=O)(=O)N3CCCC3)c2)cc1. The van der Waals surface area contributed by atoms with Crippen molar-refractivity contribution in [3.05, 3.63) is 64.2 Å². The summed E-state index contributed by atoms with van der Waals surface area (Å²) in [6.45, 7) is 2.18. The van der Waals surface area contributed by atoms with E-state index in [1.807, 2.05) is 38.4 Å². The van der Waals surface area contributed by atoms with E-state index >= 15 is 0 Å². The Kier molecular flexibility index (Phi) is 6.95. The van der Waals surface area contributed by atoms with Gasteiger partial charge in [0.25, 0.3) is 5.91 Å². The van der Waals surface area contributed by atoms with E-state index in [-0.39, 0.29) is 21.4 Å². The van der Waals surface area contributed by atoms with Crippen molar-refractivity contribution in [3.63, 3.8) is 0 Å². The predicted molar refractivity (Wildman–Crippen MR) is 114 cm³/mol. The molecule has 0 unspecified atom stereocenters. The molecule has 156 valence electrons. The van der Waals surface area contributed by atoms with E-state index in [2.05, 4.69) is 10.2 Å². The number of halogens is 1. The number of benzene rings is 2. The number of carbonyl (C=O) groups excluding carboxylic acids is 1. The lowest BCUT2D eigenvalue weighted by Gasteiger charge is -2.17. The maximum absolute atomic E-state index is 12.8. The Morgan fingerprint density at radius 2 is 1.69 bits per heavy atom. The molecule has 0 saturated carbocycles. The summed E-state index contributed by atoms with van der Waals surface area (Å²) < 4.78 is 27.1. The molecule has 1 fully saturated rings. The topological polar surface area (TPSA) is 69.7 Å². The van der Waals surface area contributed by atoms with Gasteiger partial charge in [-0.2, -0.15) is 4.31 Å². The van der Waals surface area contributed by atoms with E-state index in [1.54, 1.807) is 6.07 Å². The highest BCUT2D eigenvalue weighted by atomic mass is 35.5. The fraction of sp³-hybridized carbons (Fsp3) is 0.381. The molecule has 0 aliphatic carbocycles. The van der Waals surface area contributed by atoms with Crippen LogP contribution in [0.3, 0.4) is 0 Å². The Morgan fingerprint density at radius 3 is 2.31 bits per heavy atom. The Morgan fingerprint density at radius 1 is 1.07 bits per heavy atom. The molecule has 1 amide bonds. The monoisotopic (exact) mass is 435 g/mol. The molecule has 0 spiro atoms. The zero-order valence-electron chi connectivity index (χ0n) is 16.7. The van der Waals surface area contributed by atoms with Gasteiger partial charge >= 0.3 is 0 Å². The lowest BCUT2D eigenvalue weighted by molar-refractivity contribution is 0.0950. The largest absolute Gasteiger partial charge is 0.348 e. The van der Waals surface area contributed by atoms with Crippen LogP contribution < -0.4 is 5.32 Å². The maximum Gasteiger partial charge on any atom is 0.251 e. The molecule has 2 aromatic rings. The average Bonchev–Trinajstić information content (AvgIpc) is 3.23. The third-order valence-corrected chi connectivity index (χ3v) is 7.23. The first-order chi connectivity index (χ1) is 13.8. The Hall–Kier alpha value is -1.93. The maximum atomic E-state index is 12.8. The second-order valence-corrected chi connectivity index (χ2v) is 9.81. The van der Waals surface area contributed by atoms with Crippen molar-refractivity contribution in [1.82, 2.24) is 14.5 Å². The van der Waals surface area contributed by atoms with Crippen molar-refractivity contribution in [2.45, 2.75) is 30.8 Å². The minimum absolute atomic E-state index is 0.0123. The third-order valence-electron chi connectivity index (χ3n) is 4.85. The Balaban J connectivity index is 1.70. The van der Waals surface area contributed by atoms with Crippen molar-refractivity contribution >= 4 is 27.5 Å². The first kappa shape index (κ1) is 21.8. The van der Waals surface area contributed by atoms with Crippen LogP contribution in [0.4, 0.5) is 0 Å². The van der Waals surface area contributed by atoms with Crippen molar-refractivity contribution in [2.75, 3.05) is 27.2 Å². The smallest absolute Gasteiger partial charge is 0.251 e. The van der Waals surface area contributed by atoms with Gasteiger partial charge in [-0.25, -0.2) is 8.42 Å². The number of sulfonamides is 1. The van der Waals surface area contributed by atoms with E-state index in [1.165, 1.54) is 22.0 Å².